The maximum absolute atomic E-state index is 10.4. The summed E-state index contributed by atoms with van der Waals surface area (Å²) in [7, 11) is 0. The molecular formula is C8H8CuO2. The number of ether oxygens (including phenoxy) is 1. The second kappa shape index (κ2) is 4.94. The SMILES string of the molecule is CC(=O)Oc1ccccc1.[Cu]. The predicted molar refractivity (Wildman–Crippen MR) is 37.8 cm³/mol. The van der Waals surface area contributed by atoms with Gasteiger partial charge in [0, 0.05) is 24.0 Å². The van der Waals surface area contributed by atoms with Gasteiger partial charge in [0.05, 0.1) is 0 Å². The molecule has 0 heterocycles. The minimum absolute atomic E-state index is 0. The number of esters is 1. The largest absolute Gasteiger partial charge is 0.427 e. The Balaban J connectivity index is 0.000001000. The van der Waals surface area contributed by atoms with E-state index < -0.39 is 0 Å². The fourth-order valence-corrected chi connectivity index (χ4v) is 0.655. The van der Waals surface area contributed by atoms with E-state index in [9.17, 15) is 4.79 Å². The van der Waals surface area contributed by atoms with Crippen LogP contribution in [0.25, 0.3) is 0 Å². The topological polar surface area (TPSA) is 26.3 Å². The summed E-state index contributed by atoms with van der Waals surface area (Å²) in [5.41, 5.74) is 0. The summed E-state index contributed by atoms with van der Waals surface area (Å²) in [6.07, 6.45) is 0. The summed E-state index contributed by atoms with van der Waals surface area (Å²) < 4.78 is 4.78. The zero-order valence-electron chi connectivity index (χ0n) is 6.00. The smallest absolute Gasteiger partial charge is 0.308 e. The van der Waals surface area contributed by atoms with E-state index in [2.05, 4.69) is 0 Å². The van der Waals surface area contributed by atoms with Crippen LogP contribution in [0.5, 0.6) is 5.75 Å². The van der Waals surface area contributed by atoms with Crippen LogP contribution in [0, 0.1) is 0 Å². The van der Waals surface area contributed by atoms with Crippen LogP contribution in [-0.2, 0) is 21.9 Å². The zero-order valence-corrected chi connectivity index (χ0v) is 6.95. The molecule has 0 N–H and O–H groups in total. The number of carbonyl (C=O) groups excluding carboxylic acids is 1. The third-order valence-corrected chi connectivity index (χ3v) is 1.00. The maximum atomic E-state index is 10.4. The molecule has 0 fully saturated rings. The Labute approximate surface area is 76.0 Å². The summed E-state index contributed by atoms with van der Waals surface area (Å²) in [6, 6.07) is 8.98. The van der Waals surface area contributed by atoms with E-state index >= 15 is 0 Å². The molecule has 0 aliphatic heterocycles. The monoisotopic (exact) mass is 199 g/mol. The van der Waals surface area contributed by atoms with Crippen molar-refractivity contribution in [2.24, 2.45) is 0 Å². The van der Waals surface area contributed by atoms with Crippen LogP contribution in [0.1, 0.15) is 6.92 Å². The van der Waals surface area contributed by atoms with Crippen molar-refractivity contribution in [1.29, 1.82) is 0 Å². The summed E-state index contributed by atoms with van der Waals surface area (Å²) >= 11 is 0. The molecule has 11 heavy (non-hydrogen) atoms. The quantitative estimate of drug-likeness (QED) is 0.390. The second-order valence-electron chi connectivity index (χ2n) is 1.91. The van der Waals surface area contributed by atoms with Gasteiger partial charge in [0.1, 0.15) is 5.75 Å². The van der Waals surface area contributed by atoms with Gasteiger partial charge in [-0.25, -0.2) is 0 Å². The number of carbonyl (C=O) groups is 1. The van der Waals surface area contributed by atoms with E-state index in [1.54, 1.807) is 12.1 Å². The van der Waals surface area contributed by atoms with Crippen LogP contribution < -0.4 is 4.74 Å². The Morgan fingerprint density at radius 1 is 1.27 bits per heavy atom. The van der Waals surface area contributed by atoms with E-state index in [1.807, 2.05) is 18.2 Å². The Bertz CT molecular complexity index is 221. The van der Waals surface area contributed by atoms with Gasteiger partial charge < -0.3 is 4.74 Å². The van der Waals surface area contributed by atoms with Crippen molar-refractivity contribution in [3.63, 3.8) is 0 Å². The van der Waals surface area contributed by atoms with Crippen LogP contribution in [0.3, 0.4) is 0 Å². The van der Waals surface area contributed by atoms with Gasteiger partial charge in [0.2, 0.25) is 0 Å². The molecule has 0 bridgehead atoms. The Morgan fingerprint density at radius 2 is 1.82 bits per heavy atom. The minimum atomic E-state index is -0.286. The van der Waals surface area contributed by atoms with Crippen molar-refractivity contribution in [2.75, 3.05) is 0 Å². The molecule has 0 aromatic heterocycles. The molecule has 1 aromatic carbocycles. The van der Waals surface area contributed by atoms with Crippen molar-refractivity contribution in [1.82, 2.24) is 0 Å². The van der Waals surface area contributed by atoms with Gasteiger partial charge in [-0.3, -0.25) is 4.79 Å². The Morgan fingerprint density at radius 3 is 2.27 bits per heavy atom. The number of hydrogen-bond acceptors (Lipinski definition) is 2. The van der Waals surface area contributed by atoms with E-state index in [-0.39, 0.29) is 23.0 Å². The molecule has 1 radical (unpaired) electrons. The van der Waals surface area contributed by atoms with Gasteiger partial charge in [-0.05, 0) is 12.1 Å². The van der Waals surface area contributed by atoms with E-state index in [4.69, 9.17) is 4.74 Å². The van der Waals surface area contributed by atoms with Crippen LogP contribution >= 0.6 is 0 Å². The molecule has 0 amide bonds. The molecule has 3 heteroatoms. The average molecular weight is 200 g/mol. The number of rotatable bonds is 1. The van der Waals surface area contributed by atoms with Gasteiger partial charge in [0.25, 0.3) is 0 Å². The van der Waals surface area contributed by atoms with Crippen molar-refractivity contribution >= 4 is 5.97 Å². The molecule has 0 saturated heterocycles. The first kappa shape index (κ1) is 10.2. The zero-order chi connectivity index (χ0) is 7.40. The summed E-state index contributed by atoms with van der Waals surface area (Å²) in [5, 5.41) is 0. The minimum Gasteiger partial charge on any atom is -0.427 e. The van der Waals surface area contributed by atoms with Gasteiger partial charge in [0.15, 0.2) is 0 Å². The van der Waals surface area contributed by atoms with Gasteiger partial charge >= 0.3 is 5.97 Å². The standard InChI is InChI=1S/C8H8O2.Cu/c1-7(9)10-8-5-3-2-4-6-8;/h2-6H,1H3;. The predicted octanol–water partition coefficient (Wildman–Crippen LogP) is 1.61. The van der Waals surface area contributed by atoms with Crippen LogP contribution in [0.15, 0.2) is 30.3 Å². The van der Waals surface area contributed by atoms with Gasteiger partial charge in [-0.15, -0.1) is 0 Å². The molecule has 1 rings (SSSR count). The number of para-hydroxylation sites is 1. The second-order valence-corrected chi connectivity index (χ2v) is 1.91. The van der Waals surface area contributed by atoms with Gasteiger partial charge in [-0.1, -0.05) is 18.2 Å². The maximum Gasteiger partial charge on any atom is 0.308 e. The average Bonchev–Trinajstić information content (AvgIpc) is 1.88. The Hall–Kier alpha value is -0.791. The molecule has 63 valence electrons. The van der Waals surface area contributed by atoms with E-state index in [0.717, 1.165) is 0 Å². The molecule has 0 unspecified atom stereocenters. The first-order valence-electron chi connectivity index (χ1n) is 3.02. The van der Waals surface area contributed by atoms with Crippen molar-refractivity contribution in [2.45, 2.75) is 6.92 Å². The number of hydrogen-bond donors (Lipinski definition) is 0. The third kappa shape index (κ3) is 3.81. The van der Waals surface area contributed by atoms with Crippen LogP contribution in [-0.4, -0.2) is 5.97 Å². The van der Waals surface area contributed by atoms with Crippen LogP contribution in [0.4, 0.5) is 0 Å². The fraction of sp³-hybridized carbons (Fsp3) is 0.125. The van der Waals surface area contributed by atoms with Crippen molar-refractivity contribution in [3.8, 4) is 5.75 Å². The molecule has 0 saturated carbocycles. The summed E-state index contributed by atoms with van der Waals surface area (Å²) in [5.74, 6) is 0.307. The van der Waals surface area contributed by atoms with Crippen molar-refractivity contribution < 1.29 is 26.6 Å². The van der Waals surface area contributed by atoms with Gasteiger partial charge in [-0.2, -0.15) is 0 Å². The normalized spacial score (nSPS) is 8.09. The first-order chi connectivity index (χ1) is 4.79. The first-order valence-corrected chi connectivity index (χ1v) is 3.02. The van der Waals surface area contributed by atoms with Crippen LogP contribution in [0.2, 0.25) is 0 Å². The van der Waals surface area contributed by atoms with E-state index in [1.165, 1.54) is 6.92 Å². The number of benzene rings is 1. The molecule has 0 spiro atoms. The molecule has 0 aliphatic rings. The third-order valence-electron chi connectivity index (χ3n) is 1.00. The van der Waals surface area contributed by atoms with E-state index in [0.29, 0.717) is 5.75 Å². The molecule has 0 atom stereocenters. The Kier molecular flexibility index (Phi) is 4.58. The molecule has 0 aliphatic carbocycles. The fourth-order valence-electron chi connectivity index (χ4n) is 0.655. The summed E-state index contributed by atoms with van der Waals surface area (Å²) in [6.45, 7) is 1.38. The molecular weight excluding hydrogens is 192 g/mol. The summed E-state index contributed by atoms with van der Waals surface area (Å²) in [4.78, 5) is 10.4. The van der Waals surface area contributed by atoms with Crippen molar-refractivity contribution in [3.05, 3.63) is 30.3 Å². The molecule has 1 aromatic rings. The molecule has 2 nitrogen and oxygen atoms in total.